The minimum Gasteiger partial charge on any atom is -0.360 e. The molecule has 0 amide bonds. The lowest BCUT2D eigenvalue weighted by atomic mass is 10.2. The third-order valence-corrected chi connectivity index (χ3v) is 4.50. The average Bonchev–Trinajstić information content (AvgIpc) is 3.27. The lowest BCUT2D eigenvalue weighted by Gasteiger charge is -2.15. The van der Waals surface area contributed by atoms with E-state index in [1.165, 1.54) is 25.7 Å². The monoisotopic (exact) mass is 338 g/mol. The highest BCUT2D eigenvalue weighted by Gasteiger charge is 2.16. The minimum absolute atomic E-state index is 0.477. The first-order chi connectivity index (χ1) is 11.8. The molecule has 1 aliphatic heterocycles. The zero-order valence-corrected chi connectivity index (χ0v) is 14.0. The van der Waals surface area contributed by atoms with Gasteiger partial charge in [-0.1, -0.05) is 18.9 Å². The van der Waals surface area contributed by atoms with Gasteiger partial charge in [0.05, 0.1) is 11.9 Å². The number of nitrogens with zero attached hydrogens (tertiary/aromatic N) is 4. The molecule has 1 fully saturated rings. The fourth-order valence-electron chi connectivity index (χ4n) is 3.04. The molecule has 0 aromatic carbocycles. The summed E-state index contributed by atoms with van der Waals surface area (Å²) in [5.41, 5.74) is 3.04. The van der Waals surface area contributed by atoms with Gasteiger partial charge in [0.15, 0.2) is 10.8 Å². The quantitative estimate of drug-likeness (QED) is 0.838. The van der Waals surface area contributed by atoms with Crippen LogP contribution in [0.2, 0.25) is 0 Å². The van der Waals surface area contributed by atoms with Crippen molar-refractivity contribution in [3.63, 3.8) is 0 Å². The van der Waals surface area contributed by atoms with Crippen LogP contribution in [0.25, 0.3) is 11.2 Å². The van der Waals surface area contributed by atoms with E-state index in [1.54, 1.807) is 12.4 Å². The van der Waals surface area contributed by atoms with Crippen molar-refractivity contribution in [1.82, 2.24) is 20.3 Å². The Labute approximate surface area is 145 Å². The molecule has 6 nitrogen and oxygen atoms in total. The summed E-state index contributed by atoms with van der Waals surface area (Å²) in [6.45, 7) is 0. The number of thiocarbonyl (C=S) groups is 1. The number of aliphatic imine (C=N–C) groups is 1. The Kier molecular flexibility index (Phi) is 4.17. The second kappa shape index (κ2) is 6.60. The van der Waals surface area contributed by atoms with Crippen LogP contribution in [0, 0.1) is 0 Å². The van der Waals surface area contributed by atoms with E-state index in [1.807, 2.05) is 18.2 Å². The van der Waals surface area contributed by atoms with Gasteiger partial charge in [0.1, 0.15) is 17.0 Å². The smallest absolute Gasteiger partial charge is 0.180 e. The van der Waals surface area contributed by atoms with Crippen molar-refractivity contribution in [1.29, 1.82) is 0 Å². The van der Waals surface area contributed by atoms with Crippen molar-refractivity contribution in [3.05, 3.63) is 36.3 Å². The molecule has 122 valence electrons. The molecule has 24 heavy (non-hydrogen) atoms. The van der Waals surface area contributed by atoms with Crippen molar-refractivity contribution in [2.45, 2.75) is 38.1 Å². The summed E-state index contributed by atoms with van der Waals surface area (Å²) in [6, 6.07) is 4.24. The van der Waals surface area contributed by atoms with Gasteiger partial charge in [-0.25, -0.2) is 9.97 Å². The molecular weight excluding hydrogens is 320 g/mol. The molecule has 2 aromatic heterocycles. The van der Waals surface area contributed by atoms with Crippen molar-refractivity contribution in [3.8, 4) is 0 Å². The van der Waals surface area contributed by atoms with Crippen molar-refractivity contribution in [2.75, 3.05) is 5.32 Å². The maximum Gasteiger partial charge on any atom is 0.180 e. The number of hydrogen-bond acceptors (Lipinski definition) is 5. The molecule has 1 saturated carbocycles. The van der Waals surface area contributed by atoms with Crippen LogP contribution in [0.15, 0.2) is 35.6 Å². The number of pyridine rings is 1. The Morgan fingerprint density at radius 3 is 2.83 bits per heavy atom. The first-order valence-electron chi connectivity index (χ1n) is 8.21. The van der Waals surface area contributed by atoms with Gasteiger partial charge < -0.3 is 10.6 Å². The van der Waals surface area contributed by atoms with E-state index in [-0.39, 0.29) is 0 Å². The number of hydrogen-bond donors (Lipinski definition) is 2. The first kappa shape index (κ1) is 15.1. The van der Waals surface area contributed by atoms with Gasteiger partial charge in [-0.2, -0.15) is 0 Å². The van der Waals surface area contributed by atoms with E-state index >= 15 is 0 Å². The van der Waals surface area contributed by atoms with Crippen LogP contribution in [0.5, 0.6) is 0 Å². The molecule has 0 atom stereocenters. The molecule has 2 N–H and O–H groups in total. The van der Waals surface area contributed by atoms with Crippen LogP contribution >= 0.6 is 12.2 Å². The van der Waals surface area contributed by atoms with Crippen LogP contribution in [0.1, 0.15) is 37.8 Å². The minimum atomic E-state index is 0.477. The maximum absolute atomic E-state index is 5.38. The summed E-state index contributed by atoms with van der Waals surface area (Å²) in [5.74, 6) is 0.677. The molecule has 3 heterocycles. The van der Waals surface area contributed by atoms with Gasteiger partial charge in [-0.15, -0.1) is 0 Å². The highest BCUT2D eigenvalue weighted by Crippen LogP contribution is 2.18. The number of anilines is 1. The molecule has 0 unspecified atom stereocenters. The van der Waals surface area contributed by atoms with Gasteiger partial charge in [-0.3, -0.25) is 9.98 Å². The van der Waals surface area contributed by atoms with Gasteiger partial charge in [0.2, 0.25) is 0 Å². The predicted molar refractivity (Wildman–Crippen MR) is 99.2 cm³/mol. The molecule has 0 radical (unpaired) electrons. The fourth-order valence-corrected chi connectivity index (χ4v) is 3.32. The van der Waals surface area contributed by atoms with Crippen LogP contribution in [0.3, 0.4) is 0 Å². The lowest BCUT2D eigenvalue weighted by Crippen LogP contribution is -2.36. The first-order valence-corrected chi connectivity index (χ1v) is 8.62. The average molecular weight is 338 g/mol. The Hall–Kier alpha value is -2.41. The van der Waals surface area contributed by atoms with Crippen molar-refractivity contribution < 1.29 is 0 Å². The fraction of sp³-hybridized carbons (Fsp3) is 0.353. The van der Waals surface area contributed by atoms with E-state index < -0.39 is 0 Å². The van der Waals surface area contributed by atoms with E-state index in [9.17, 15) is 0 Å². The van der Waals surface area contributed by atoms with Crippen LogP contribution < -0.4 is 10.6 Å². The molecule has 0 bridgehead atoms. The number of allylic oxidation sites excluding steroid dienone is 1. The maximum atomic E-state index is 5.38. The van der Waals surface area contributed by atoms with Gasteiger partial charge >= 0.3 is 0 Å². The summed E-state index contributed by atoms with van der Waals surface area (Å²) in [6.07, 6.45) is 11.2. The SMILES string of the molecule is S=C(Nc1ccc2ncc(C3=NC=CC3)nc2n1)NC1CCCC1. The molecule has 0 spiro atoms. The number of fused-ring (bicyclic) bond motifs is 1. The number of nitrogens with one attached hydrogen (secondary N) is 2. The van der Waals surface area contributed by atoms with Crippen LogP contribution in [-0.2, 0) is 0 Å². The molecule has 2 aliphatic rings. The largest absolute Gasteiger partial charge is 0.360 e. The Balaban J connectivity index is 1.51. The second-order valence-electron chi connectivity index (χ2n) is 6.04. The van der Waals surface area contributed by atoms with Gasteiger partial charge in [-0.05, 0) is 37.2 Å². The standard InChI is InChI=1S/C17H18N6S/c24-17(20-11-4-1-2-5-11)23-15-8-7-13-16(22-15)21-14(10-19-13)12-6-3-9-18-12/h3,7-11H,1-2,4-6H2,(H2,20,21,22,23,24). The lowest BCUT2D eigenvalue weighted by molar-refractivity contribution is 0.634. The molecule has 2 aromatic rings. The summed E-state index contributed by atoms with van der Waals surface area (Å²) < 4.78 is 0. The summed E-state index contributed by atoms with van der Waals surface area (Å²) in [5, 5.41) is 7.11. The second-order valence-corrected chi connectivity index (χ2v) is 6.45. The molecule has 0 saturated heterocycles. The van der Waals surface area contributed by atoms with Crippen LogP contribution in [0.4, 0.5) is 5.82 Å². The molecule has 1 aliphatic carbocycles. The normalized spacial score (nSPS) is 17.2. The molecule has 7 heteroatoms. The Morgan fingerprint density at radius 2 is 2.04 bits per heavy atom. The highest BCUT2D eigenvalue weighted by molar-refractivity contribution is 7.80. The van der Waals surface area contributed by atoms with E-state index in [0.717, 1.165) is 23.3 Å². The third kappa shape index (κ3) is 3.26. The Bertz CT molecular complexity index is 838. The highest BCUT2D eigenvalue weighted by atomic mass is 32.1. The van der Waals surface area contributed by atoms with E-state index in [2.05, 4.69) is 30.6 Å². The van der Waals surface area contributed by atoms with Gasteiger partial charge in [0.25, 0.3) is 0 Å². The van der Waals surface area contributed by atoms with Crippen LogP contribution in [-0.4, -0.2) is 31.8 Å². The Morgan fingerprint density at radius 1 is 1.17 bits per heavy atom. The number of rotatable bonds is 3. The van der Waals surface area contributed by atoms with E-state index in [0.29, 0.717) is 22.6 Å². The summed E-state index contributed by atoms with van der Waals surface area (Å²) >= 11 is 5.38. The van der Waals surface area contributed by atoms with Crippen molar-refractivity contribution >= 4 is 40.0 Å². The summed E-state index contributed by atoms with van der Waals surface area (Å²) in [7, 11) is 0. The topological polar surface area (TPSA) is 75.1 Å². The third-order valence-electron chi connectivity index (χ3n) is 4.28. The predicted octanol–water partition coefficient (Wildman–Crippen LogP) is 2.96. The molecule has 4 rings (SSSR count). The molecular formula is C17H18N6S. The van der Waals surface area contributed by atoms with E-state index in [4.69, 9.17) is 12.2 Å². The van der Waals surface area contributed by atoms with Gasteiger partial charge in [0, 0.05) is 18.7 Å². The number of aromatic nitrogens is 3. The zero-order valence-electron chi connectivity index (χ0n) is 13.2. The summed E-state index contributed by atoms with van der Waals surface area (Å²) in [4.78, 5) is 17.8. The zero-order chi connectivity index (χ0) is 16.4. The van der Waals surface area contributed by atoms with Crippen molar-refractivity contribution in [2.24, 2.45) is 4.99 Å².